The topological polar surface area (TPSA) is 29.9 Å². The summed E-state index contributed by atoms with van der Waals surface area (Å²) in [5.74, 6) is -0.583. The van der Waals surface area contributed by atoms with Crippen molar-refractivity contribution in [2.75, 3.05) is 5.32 Å². The lowest BCUT2D eigenvalue weighted by Gasteiger charge is -2.09. The van der Waals surface area contributed by atoms with E-state index >= 15 is 0 Å². The van der Waals surface area contributed by atoms with Crippen molar-refractivity contribution >= 4 is 27.6 Å². The maximum Gasteiger partial charge on any atom is 0.207 e. The Balaban J connectivity index is 2.33. The Kier molecular flexibility index (Phi) is 3.42. The van der Waals surface area contributed by atoms with Crippen molar-refractivity contribution in [2.45, 2.75) is 13.5 Å². The minimum Gasteiger partial charge on any atom is -0.323 e. The maximum atomic E-state index is 13.6. The van der Waals surface area contributed by atoms with Gasteiger partial charge in [-0.1, -0.05) is 0 Å². The van der Waals surface area contributed by atoms with Crippen LogP contribution in [0.4, 0.5) is 20.4 Å². The lowest BCUT2D eigenvalue weighted by atomic mass is 10.3. The van der Waals surface area contributed by atoms with Gasteiger partial charge in [-0.05, 0) is 28.9 Å². The zero-order valence-electron chi connectivity index (χ0n) is 9.04. The summed E-state index contributed by atoms with van der Waals surface area (Å²) in [7, 11) is 0. The number of rotatable bonds is 3. The Morgan fingerprint density at radius 3 is 2.82 bits per heavy atom. The van der Waals surface area contributed by atoms with Crippen LogP contribution in [0, 0.1) is 11.6 Å². The van der Waals surface area contributed by atoms with E-state index < -0.39 is 11.6 Å². The number of hydrogen-bond acceptors (Lipinski definition) is 2. The number of hydrogen-bond donors (Lipinski definition) is 1. The molecule has 0 atom stereocenters. The van der Waals surface area contributed by atoms with Crippen LogP contribution in [0.5, 0.6) is 0 Å². The van der Waals surface area contributed by atoms with E-state index in [1.165, 1.54) is 0 Å². The molecule has 0 unspecified atom stereocenters. The fourth-order valence-electron chi connectivity index (χ4n) is 1.43. The third-order valence-corrected chi connectivity index (χ3v) is 2.92. The molecular weight excluding hydrogens is 292 g/mol. The van der Waals surface area contributed by atoms with E-state index in [4.69, 9.17) is 0 Å². The maximum absolute atomic E-state index is 13.6. The first kappa shape index (κ1) is 12.0. The standard InChI is InChI=1S/C11H10BrF2N3/c1-2-17-4-3-15-11(17)16-10-6-8(13)7(12)5-9(10)14/h3-6H,2H2,1H3,(H,15,16). The molecule has 0 spiro atoms. The number of nitrogens with one attached hydrogen (secondary N) is 1. The van der Waals surface area contributed by atoms with Gasteiger partial charge in [-0.2, -0.15) is 0 Å². The van der Waals surface area contributed by atoms with Crippen LogP contribution in [-0.4, -0.2) is 9.55 Å². The van der Waals surface area contributed by atoms with Crippen molar-refractivity contribution in [1.82, 2.24) is 9.55 Å². The average molecular weight is 302 g/mol. The van der Waals surface area contributed by atoms with Crippen LogP contribution in [0.3, 0.4) is 0 Å². The first-order valence-electron chi connectivity index (χ1n) is 5.04. The fraction of sp³-hybridized carbons (Fsp3) is 0.182. The fourth-order valence-corrected chi connectivity index (χ4v) is 1.74. The molecule has 0 saturated heterocycles. The van der Waals surface area contributed by atoms with Crippen molar-refractivity contribution in [1.29, 1.82) is 0 Å². The third-order valence-electron chi connectivity index (χ3n) is 2.31. The van der Waals surface area contributed by atoms with Crippen molar-refractivity contribution in [3.05, 3.63) is 40.6 Å². The average Bonchev–Trinajstić information content (AvgIpc) is 2.73. The number of anilines is 2. The Labute approximate surface area is 106 Å². The highest BCUT2D eigenvalue weighted by atomic mass is 79.9. The van der Waals surface area contributed by atoms with Crippen molar-refractivity contribution < 1.29 is 8.78 Å². The summed E-state index contributed by atoms with van der Waals surface area (Å²) in [5, 5.41) is 2.76. The van der Waals surface area contributed by atoms with Crippen molar-refractivity contribution in [2.24, 2.45) is 0 Å². The van der Waals surface area contributed by atoms with Gasteiger partial charge in [0.25, 0.3) is 0 Å². The summed E-state index contributed by atoms with van der Waals surface area (Å²) in [6.45, 7) is 2.63. The molecule has 1 aromatic carbocycles. The first-order chi connectivity index (χ1) is 8.11. The van der Waals surface area contributed by atoms with E-state index in [1.54, 1.807) is 17.0 Å². The highest BCUT2D eigenvalue weighted by Crippen LogP contribution is 2.25. The normalized spacial score (nSPS) is 10.6. The molecule has 0 amide bonds. The molecule has 1 aromatic heterocycles. The molecule has 2 rings (SSSR count). The second kappa shape index (κ2) is 4.83. The molecule has 0 saturated carbocycles. The van der Waals surface area contributed by atoms with Gasteiger partial charge < -0.3 is 9.88 Å². The second-order valence-electron chi connectivity index (χ2n) is 3.41. The zero-order chi connectivity index (χ0) is 12.4. The van der Waals surface area contributed by atoms with E-state index in [-0.39, 0.29) is 10.2 Å². The number of benzene rings is 1. The molecule has 0 aliphatic heterocycles. The van der Waals surface area contributed by atoms with Crippen LogP contribution >= 0.6 is 15.9 Å². The molecule has 3 nitrogen and oxygen atoms in total. The lowest BCUT2D eigenvalue weighted by molar-refractivity contribution is 0.597. The smallest absolute Gasteiger partial charge is 0.207 e. The van der Waals surface area contributed by atoms with Gasteiger partial charge >= 0.3 is 0 Å². The zero-order valence-corrected chi connectivity index (χ0v) is 10.6. The largest absolute Gasteiger partial charge is 0.323 e. The molecule has 0 aliphatic carbocycles. The van der Waals surface area contributed by atoms with Gasteiger partial charge in [-0.25, -0.2) is 13.8 Å². The second-order valence-corrected chi connectivity index (χ2v) is 4.26. The highest BCUT2D eigenvalue weighted by Gasteiger charge is 2.10. The molecular formula is C11H10BrF2N3. The summed E-state index contributed by atoms with van der Waals surface area (Å²) in [5.41, 5.74) is 0.0617. The van der Waals surface area contributed by atoms with E-state index in [1.807, 2.05) is 6.92 Å². The summed E-state index contributed by atoms with van der Waals surface area (Å²) in [6.07, 6.45) is 3.36. The molecule has 2 aromatic rings. The van der Waals surface area contributed by atoms with Crippen molar-refractivity contribution in [3.63, 3.8) is 0 Å². The molecule has 6 heteroatoms. The van der Waals surface area contributed by atoms with E-state index in [2.05, 4.69) is 26.2 Å². The van der Waals surface area contributed by atoms with E-state index in [0.717, 1.165) is 12.1 Å². The minimum absolute atomic E-state index is 0.0617. The van der Waals surface area contributed by atoms with Crippen LogP contribution in [0.15, 0.2) is 29.0 Å². The quantitative estimate of drug-likeness (QED) is 0.876. The molecule has 90 valence electrons. The van der Waals surface area contributed by atoms with Crippen LogP contribution < -0.4 is 5.32 Å². The Morgan fingerprint density at radius 2 is 2.12 bits per heavy atom. The third kappa shape index (κ3) is 2.46. The molecule has 1 heterocycles. The first-order valence-corrected chi connectivity index (χ1v) is 5.83. The number of nitrogens with zero attached hydrogens (tertiary/aromatic N) is 2. The number of halogens is 3. The van der Waals surface area contributed by atoms with E-state index in [0.29, 0.717) is 12.5 Å². The van der Waals surface area contributed by atoms with Gasteiger partial charge in [0, 0.05) is 25.0 Å². The van der Waals surface area contributed by atoms with Gasteiger partial charge in [-0.3, -0.25) is 0 Å². The van der Waals surface area contributed by atoms with Gasteiger partial charge in [0.05, 0.1) is 10.2 Å². The Hall–Kier alpha value is -1.43. The summed E-state index contributed by atoms with van der Waals surface area (Å²) in [6, 6.07) is 2.17. The van der Waals surface area contributed by atoms with Gasteiger partial charge in [0.1, 0.15) is 11.6 Å². The number of aromatic nitrogens is 2. The molecule has 1 N–H and O–H groups in total. The van der Waals surface area contributed by atoms with Crippen LogP contribution in [-0.2, 0) is 6.54 Å². The van der Waals surface area contributed by atoms with Crippen molar-refractivity contribution in [3.8, 4) is 0 Å². The van der Waals surface area contributed by atoms with Crippen LogP contribution in [0.25, 0.3) is 0 Å². The Morgan fingerprint density at radius 1 is 1.35 bits per heavy atom. The molecule has 17 heavy (non-hydrogen) atoms. The number of aryl methyl sites for hydroxylation is 1. The van der Waals surface area contributed by atoms with E-state index in [9.17, 15) is 8.78 Å². The SMILES string of the molecule is CCn1ccnc1Nc1cc(F)c(Br)cc1F. The lowest BCUT2D eigenvalue weighted by Crippen LogP contribution is -2.03. The van der Waals surface area contributed by atoms with Crippen LogP contribution in [0.2, 0.25) is 0 Å². The number of imidazole rings is 1. The Bertz CT molecular complexity index is 540. The van der Waals surface area contributed by atoms with Gasteiger partial charge in [-0.15, -0.1) is 0 Å². The summed E-state index contributed by atoms with van der Waals surface area (Å²) in [4.78, 5) is 4.03. The highest BCUT2D eigenvalue weighted by molar-refractivity contribution is 9.10. The summed E-state index contributed by atoms with van der Waals surface area (Å²) >= 11 is 2.92. The van der Waals surface area contributed by atoms with Gasteiger partial charge in [0.15, 0.2) is 0 Å². The molecule has 0 aliphatic rings. The molecule has 0 bridgehead atoms. The molecule has 0 radical (unpaired) electrons. The minimum atomic E-state index is -0.538. The molecule has 0 fully saturated rings. The summed E-state index contributed by atoms with van der Waals surface area (Å²) < 4.78 is 28.7. The monoisotopic (exact) mass is 301 g/mol. The predicted molar refractivity (Wildman–Crippen MR) is 65.2 cm³/mol. The van der Waals surface area contributed by atoms with Crippen LogP contribution in [0.1, 0.15) is 6.92 Å². The predicted octanol–water partition coefficient (Wildman–Crippen LogP) is 3.69. The van der Waals surface area contributed by atoms with Gasteiger partial charge in [0.2, 0.25) is 5.95 Å².